The van der Waals surface area contributed by atoms with Gasteiger partial charge in [0.05, 0.1) is 12.8 Å². The van der Waals surface area contributed by atoms with Crippen molar-refractivity contribution in [2.24, 2.45) is 0 Å². The van der Waals surface area contributed by atoms with E-state index in [4.69, 9.17) is 9.47 Å². The molecule has 0 unspecified atom stereocenters. The van der Waals surface area contributed by atoms with Gasteiger partial charge >= 0.3 is 0 Å². The number of fused-ring (bicyclic) bond motifs is 1. The molecule has 0 saturated carbocycles. The highest BCUT2D eigenvalue weighted by molar-refractivity contribution is 6.06. The molecule has 2 amide bonds. The van der Waals surface area contributed by atoms with Crippen molar-refractivity contribution in [3.8, 4) is 11.6 Å². The van der Waals surface area contributed by atoms with Gasteiger partial charge in [-0.05, 0) is 31.2 Å². The van der Waals surface area contributed by atoms with Crippen molar-refractivity contribution in [2.45, 2.75) is 13.0 Å². The van der Waals surface area contributed by atoms with E-state index in [0.29, 0.717) is 23.0 Å². The van der Waals surface area contributed by atoms with Crippen molar-refractivity contribution in [1.82, 2.24) is 4.98 Å². The minimum absolute atomic E-state index is 0.123. The molecular weight excluding hydrogens is 310 g/mol. The number of carbonyl (C=O) groups is 2. The standard InChI is InChI=1S/C17H17N3O4/c1-11-17(22)20(13-7-3-4-8-14(13)24-11)10-15(21)19-12-6-5-9-18-16(12)23-2/h3-9,11H,10H2,1-2H3,(H,19,21)/t11-/m0/s1. The molecule has 2 aromatic rings. The topological polar surface area (TPSA) is 80.8 Å². The largest absolute Gasteiger partial charge is 0.480 e. The second-order valence-corrected chi connectivity index (χ2v) is 5.26. The second kappa shape index (κ2) is 6.57. The van der Waals surface area contributed by atoms with E-state index in [9.17, 15) is 9.59 Å². The van der Waals surface area contributed by atoms with Gasteiger partial charge < -0.3 is 14.8 Å². The number of rotatable bonds is 4. The number of para-hydroxylation sites is 2. The molecule has 1 N–H and O–H groups in total. The predicted octanol–water partition coefficient (Wildman–Crippen LogP) is 1.84. The van der Waals surface area contributed by atoms with Gasteiger partial charge in [-0.25, -0.2) is 4.98 Å². The number of carbonyl (C=O) groups excluding carboxylic acids is 2. The van der Waals surface area contributed by atoms with Gasteiger partial charge in [0.15, 0.2) is 6.10 Å². The summed E-state index contributed by atoms with van der Waals surface area (Å²) in [6.45, 7) is 1.54. The third kappa shape index (κ3) is 3.01. The molecule has 1 aromatic heterocycles. The van der Waals surface area contributed by atoms with E-state index in [0.717, 1.165) is 0 Å². The van der Waals surface area contributed by atoms with E-state index in [1.54, 1.807) is 43.5 Å². The lowest BCUT2D eigenvalue weighted by Crippen LogP contribution is -2.47. The van der Waals surface area contributed by atoms with E-state index in [1.807, 2.05) is 6.07 Å². The Labute approximate surface area is 139 Å². The van der Waals surface area contributed by atoms with Crippen LogP contribution in [0.15, 0.2) is 42.6 Å². The third-order valence-electron chi connectivity index (χ3n) is 3.61. The number of pyridine rings is 1. The minimum atomic E-state index is -0.638. The zero-order valence-electron chi connectivity index (χ0n) is 13.4. The van der Waals surface area contributed by atoms with Gasteiger partial charge in [-0.3, -0.25) is 14.5 Å². The maximum Gasteiger partial charge on any atom is 0.268 e. The quantitative estimate of drug-likeness (QED) is 0.927. The Morgan fingerprint density at radius 1 is 1.33 bits per heavy atom. The van der Waals surface area contributed by atoms with Crippen LogP contribution < -0.4 is 19.7 Å². The Bertz CT molecular complexity index is 778. The molecule has 1 aliphatic rings. The van der Waals surface area contributed by atoms with Gasteiger partial charge in [-0.2, -0.15) is 0 Å². The van der Waals surface area contributed by atoms with Crippen LogP contribution in [0.1, 0.15) is 6.92 Å². The molecule has 0 spiro atoms. The lowest BCUT2D eigenvalue weighted by Gasteiger charge is -2.32. The first-order valence-electron chi connectivity index (χ1n) is 7.46. The Balaban J connectivity index is 1.80. The molecule has 7 nitrogen and oxygen atoms in total. The molecule has 0 saturated heterocycles. The van der Waals surface area contributed by atoms with E-state index in [2.05, 4.69) is 10.3 Å². The highest BCUT2D eigenvalue weighted by Gasteiger charge is 2.32. The predicted molar refractivity (Wildman–Crippen MR) is 88.3 cm³/mol. The van der Waals surface area contributed by atoms with Crippen LogP contribution in [-0.4, -0.2) is 36.6 Å². The molecule has 0 fully saturated rings. The number of amides is 2. The summed E-state index contributed by atoms with van der Waals surface area (Å²) < 4.78 is 10.7. The van der Waals surface area contributed by atoms with Crippen molar-refractivity contribution in [3.05, 3.63) is 42.6 Å². The van der Waals surface area contributed by atoms with Crippen LogP contribution in [0.4, 0.5) is 11.4 Å². The summed E-state index contributed by atoms with van der Waals surface area (Å²) in [5, 5.41) is 2.71. The fourth-order valence-corrected chi connectivity index (χ4v) is 2.50. The van der Waals surface area contributed by atoms with Crippen LogP contribution in [0.3, 0.4) is 0 Å². The van der Waals surface area contributed by atoms with E-state index >= 15 is 0 Å². The summed E-state index contributed by atoms with van der Waals surface area (Å²) in [5.74, 6) is 0.282. The molecule has 2 heterocycles. The molecule has 1 atom stereocenters. The number of hydrogen-bond donors (Lipinski definition) is 1. The monoisotopic (exact) mass is 327 g/mol. The van der Waals surface area contributed by atoms with E-state index in [-0.39, 0.29) is 18.4 Å². The van der Waals surface area contributed by atoms with Gasteiger partial charge in [-0.1, -0.05) is 12.1 Å². The maximum atomic E-state index is 12.4. The summed E-state index contributed by atoms with van der Waals surface area (Å²) in [6.07, 6.45) is 0.929. The Kier molecular flexibility index (Phi) is 4.33. The molecule has 24 heavy (non-hydrogen) atoms. The first-order chi connectivity index (χ1) is 11.6. The zero-order valence-corrected chi connectivity index (χ0v) is 13.4. The molecule has 3 rings (SSSR count). The molecule has 0 aliphatic carbocycles. The van der Waals surface area contributed by atoms with Crippen LogP contribution in [0, 0.1) is 0 Å². The molecular formula is C17H17N3O4. The second-order valence-electron chi connectivity index (χ2n) is 5.26. The van der Waals surface area contributed by atoms with Gasteiger partial charge in [0.25, 0.3) is 5.91 Å². The number of benzene rings is 1. The van der Waals surface area contributed by atoms with E-state index < -0.39 is 6.10 Å². The summed E-state index contributed by atoms with van der Waals surface area (Å²) >= 11 is 0. The molecule has 1 aromatic carbocycles. The lowest BCUT2D eigenvalue weighted by atomic mass is 10.2. The lowest BCUT2D eigenvalue weighted by molar-refractivity contribution is -0.127. The van der Waals surface area contributed by atoms with Gasteiger partial charge in [-0.15, -0.1) is 0 Å². The van der Waals surface area contributed by atoms with Crippen molar-refractivity contribution in [1.29, 1.82) is 0 Å². The van der Waals surface area contributed by atoms with Gasteiger partial charge in [0.2, 0.25) is 11.8 Å². The van der Waals surface area contributed by atoms with Crippen molar-refractivity contribution in [2.75, 3.05) is 23.9 Å². The third-order valence-corrected chi connectivity index (χ3v) is 3.61. The van der Waals surface area contributed by atoms with E-state index in [1.165, 1.54) is 12.0 Å². The number of nitrogens with zero attached hydrogens (tertiary/aromatic N) is 2. The molecule has 0 bridgehead atoms. The van der Waals surface area contributed by atoms with Crippen molar-refractivity contribution < 1.29 is 19.1 Å². The summed E-state index contributed by atoms with van der Waals surface area (Å²) in [4.78, 5) is 30.2. The number of methoxy groups -OCH3 is 1. The first-order valence-corrected chi connectivity index (χ1v) is 7.46. The van der Waals surface area contributed by atoms with Crippen LogP contribution in [0.2, 0.25) is 0 Å². The molecule has 1 aliphatic heterocycles. The van der Waals surface area contributed by atoms with Gasteiger partial charge in [0.1, 0.15) is 18.0 Å². The van der Waals surface area contributed by atoms with Crippen molar-refractivity contribution >= 4 is 23.2 Å². The fourth-order valence-electron chi connectivity index (χ4n) is 2.50. The molecule has 0 radical (unpaired) electrons. The van der Waals surface area contributed by atoms with Crippen LogP contribution in [-0.2, 0) is 9.59 Å². The summed E-state index contributed by atoms with van der Waals surface area (Å²) in [5.41, 5.74) is 1.03. The average Bonchev–Trinajstić information content (AvgIpc) is 2.59. The van der Waals surface area contributed by atoms with Gasteiger partial charge in [0, 0.05) is 6.20 Å². The SMILES string of the molecule is COc1ncccc1NC(=O)CN1C(=O)[C@H](C)Oc2ccccc21. The van der Waals surface area contributed by atoms with Crippen LogP contribution >= 0.6 is 0 Å². The maximum absolute atomic E-state index is 12.4. The molecule has 124 valence electrons. The summed E-state index contributed by atoms with van der Waals surface area (Å²) in [6, 6.07) is 10.5. The highest BCUT2D eigenvalue weighted by Crippen LogP contribution is 2.33. The first kappa shape index (κ1) is 15.8. The Morgan fingerprint density at radius 2 is 2.12 bits per heavy atom. The fraction of sp³-hybridized carbons (Fsp3) is 0.235. The molecule has 7 heteroatoms. The number of anilines is 2. The van der Waals surface area contributed by atoms with Crippen molar-refractivity contribution in [3.63, 3.8) is 0 Å². The number of hydrogen-bond acceptors (Lipinski definition) is 5. The Hall–Kier alpha value is -3.09. The van der Waals surface area contributed by atoms with Crippen LogP contribution in [0.5, 0.6) is 11.6 Å². The number of aromatic nitrogens is 1. The zero-order chi connectivity index (χ0) is 17.1. The summed E-state index contributed by atoms with van der Waals surface area (Å²) in [7, 11) is 1.47. The Morgan fingerprint density at radius 3 is 2.92 bits per heavy atom. The number of ether oxygens (including phenoxy) is 2. The van der Waals surface area contributed by atoms with Crippen LogP contribution in [0.25, 0.3) is 0 Å². The smallest absolute Gasteiger partial charge is 0.268 e. The normalized spacial score (nSPS) is 16.2. The highest BCUT2D eigenvalue weighted by atomic mass is 16.5. The minimum Gasteiger partial charge on any atom is -0.480 e. The average molecular weight is 327 g/mol. The number of nitrogens with one attached hydrogen (secondary N) is 1.